The number of nitrogens with one attached hydrogen (secondary N) is 1. The lowest BCUT2D eigenvalue weighted by molar-refractivity contribution is 0.536. The Labute approximate surface area is 106 Å². The zero-order chi connectivity index (χ0) is 13.9. The average Bonchev–Trinajstić information content (AvgIpc) is 2.29. The van der Waals surface area contributed by atoms with Crippen LogP contribution >= 0.6 is 0 Å². The van der Waals surface area contributed by atoms with Crippen LogP contribution in [-0.2, 0) is 0 Å². The molecule has 0 saturated heterocycles. The zero-order valence-electron chi connectivity index (χ0n) is 10.9. The van der Waals surface area contributed by atoms with Crippen LogP contribution in [0.1, 0.15) is 32.3 Å². The molecule has 0 saturated carbocycles. The molecular weight excluding hydrogens is 236 g/mol. The van der Waals surface area contributed by atoms with Gasteiger partial charge in [0, 0.05) is 18.7 Å². The molecule has 0 aromatic heterocycles. The number of rotatable bonds is 5. The number of nitrogens with two attached hydrogens (primary N) is 1. The van der Waals surface area contributed by atoms with Gasteiger partial charge in [-0.25, -0.2) is 8.78 Å². The number of nitrogens with zero attached hydrogens (tertiary/aromatic N) is 1. The third-order valence-corrected chi connectivity index (χ3v) is 3.17. The molecule has 0 heterocycles. The van der Waals surface area contributed by atoms with E-state index in [2.05, 4.69) is 0 Å². The summed E-state index contributed by atoms with van der Waals surface area (Å²) in [6, 6.07) is 2.27. The van der Waals surface area contributed by atoms with Crippen LogP contribution in [0.25, 0.3) is 0 Å². The lowest BCUT2D eigenvalue weighted by Crippen LogP contribution is -2.32. The highest BCUT2D eigenvalue weighted by Gasteiger charge is 2.20. The van der Waals surface area contributed by atoms with E-state index < -0.39 is 11.6 Å². The first kappa shape index (κ1) is 14.4. The van der Waals surface area contributed by atoms with Gasteiger partial charge in [0.1, 0.15) is 23.2 Å². The standard InChI is InChI=1S/C13H19F2N3/c1-4-9(5-2)18(3)12-10(14)6-8(13(16)17)7-11(12)15/h6-7,9H,4-5H2,1-3H3,(H3,16,17). The Balaban J connectivity index is 3.21. The number of amidine groups is 1. The van der Waals surface area contributed by atoms with E-state index in [4.69, 9.17) is 11.1 Å². The quantitative estimate of drug-likeness (QED) is 0.628. The molecule has 0 fully saturated rings. The van der Waals surface area contributed by atoms with Gasteiger partial charge in [-0.1, -0.05) is 13.8 Å². The van der Waals surface area contributed by atoms with Gasteiger partial charge in [0.25, 0.3) is 0 Å². The second kappa shape index (κ2) is 5.80. The van der Waals surface area contributed by atoms with Crippen molar-refractivity contribution in [3.05, 3.63) is 29.3 Å². The Morgan fingerprint density at radius 1 is 1.28 bits per heavy atom. The van der Waals surface area contributed by atoms with Crippen molar-refractivity contribution in [1.82, 2.24) is 0 Å². The van der Waals surface area contributed by atoms with Crippen molar-refractivity contribution in [3.8, 4) is 0 Å². The first-order valence-corrected chi connectivity index (χ1v) is 5.98. The van der Waals surface area contributed by atoms with Gasteiger partial charge in [0.15, 0.2) is 0 Å². The number of benzene rings is 1. The summed E-state index contributed by atoms with van der Waals surface area (Å²) in [5.74, 6) is -1.71. The molecule has 0 radical (unpaired) electrons. The van der Waals surface area contributed by atoms with Gasteiger partial charge in [-0.05, 0) is 25.0 Å². The van der Waals surface area contributed by atoms with E-state index in [9.17, 15) is 8.78 Å². The van der Waals surface area contributed by atoms with E-state index in [1.165, 1.54) is 0 Å². The topological polar surface area (TPSA) is 53.1 Å². The van der Waals surface area contributed by atoms with Gasteiger partial charge in [-0.15, -0.1) is 0 Å². The van der Waals surface area contributed by atoms with Crippen LogP contribution in [0.2, 0.25) is 0 Å². The second-order valence-electron chi connectivity index (χ2n) is 4.28. The average molecular weight is 255 g/mol. The predicted octanol–water partition coefficient (Wildman–Crippen LogP) is 2.87. The van der Waals surface area contributed by atoms with Crippen molar-refractivity contribution in [3.63, 3.8) is 0 Å². The predicted molar refractivity (Wildman–Crippen MR) is 70.1 cm³/mol. The summed E-state index contributed by atoms with van der Waals surface area (Å²) in [4.78, 5) is 1.61. The van der Waals surface area contributed by atoms with Gasteiger partial charge in [-0.2, -0.15) is 0 Å². The van der Waals surface area contributed by atoms with E-state index in [1.54, 1.807) is 11.9 Å². The highest BCUT2D eigenvalue weighted by molar-refractivity contribution is 5.95. The van der Waals surface area contributed by atoms with Crippen LogP contribution < -0.4 is 10.6 Å². The molecule has 3 nitrogen and oxygen atoms in total. The lowest BCUT2D eigenvalue weighted by atomic mass is 10.1. The summed E-state index contributed by atoms with van der Waals surface area (Å²) >= 11 is 0. The summed E-state index contributed by atoms with van der Waals surface area (Å²) in [6.07, 6.45) is 1.61. The molecule has 100 valence electrons. The maximum absolute atomic E-state index is 13.9. The summed E-state index contributed by atoms with van der Waals surface area (Å²) in [7, 11) is 1.67. The maximum Gasteiger partial charge on any atom is 0.150 e. The Kier molecular flexibility index (Phi) is 4.64. The number of anilines is 1. The molecule has 18 heavy (non-hydrogen) atoms. The van der Waals surface area contributed by atoms with Crippen LogP contribution in [0.5, 0.6) is 0 Å². The Morgan fingerprint density at radius 3 is 2.06 bits per heavy atom. The van der Waals surface area contributed by atoms with Crippen LogP contribution in [0.4, 0.5) is 14.5 Å². The zero-order valence-corrected chi connectivity index (χ0v) is 10.9. The highest BCUT2D eigenvalue weighted by Crippen LogP contribution is 2.27. The minimum atomic E-state index is -0.686. The van der Waals surface area contributed by atoms with Crippen molar-refractivity contribution < 1.29 is 8.78 Å². The van der Waals surface area contributed by atoms with E-state index >= 15 is 0 Å². The SMILES string of the molecule is CCC(CC)N(C)c1c(F)cc(C(=N)N)cc1F. The number of hydrogen-bond acceptors (Lipinski definition) is 2. The molecule has 0 amide bonds. The van der Waals surface area contributed by atoms with Crippen molar-refractivity contribution >= 4 is 11.5 Å². The van der Waals surface area contributed by atoms with E-state index in [0.29, 0.717) is 0 Å². The smallest absolute Gasteiger partial charge is 0.150 e. The summed E-state index contributed by atoms with van der Waals surface area (Å²) in [6.45, 7) is 3.95. The number of hydrogen-bond donors (Lipinski definition) is 2. The van der Waals surface area contributed by atoms with Gasteiger partial charge < -0.3 is 10.6 Å². The highest BCUT2D eigenvalue weighted by atomic mass is 19.1. The molecule has 0 atom stereocenters. The van der Waals surface area contributed by atoms with Crippen LogP contribution in [-0.4, -0.2) is 18.9 Å². The molecule has 1 aromatic carbocycles. The van der Waals surface area contributed by atoms with Crippen molar-refractivity contribution in [2.75, 3.05) is 11.9 Å². The number of nitrogen functional groups attached to an aromatic ring is 1. The molecule has 0 spiro atoms. The molecule has 0 aliphatic rings. The van der Waals surface area contributed by atoms with Gasteiger partial charge in [-0.3, -0.25) is 5.41 Å². The monoisotopic (exact) mass is 255 g/mol. The Morgan fingerprint density at radius 2 is 1.72 bits per heavy atom. The summed E-state index contributed by atoms with van der Waals surface area (Å²) in [5, 5.41) is 7.19. The molecule has 1 aromatic rings. The van der Waals surface area contributed by atoms with Crippen LogP contribution in [0.15, 0.2) is 12.1 Å². The Bertz CT molecular complexity index is 419. The van der Waals surface area contributed by atoms with Crippen molar-refractivity contribution in [2.24, 2.45) is 5.73 Å². The first-order chi connectivity index (χ1) is 8.42. The summed E-state index contributed by atoms with van der Waals surface area (Å²) < 4.78 is 27.8. The minimum absolute atomic E-state index is 0.0614. The van der Waals surface area contributed by atoms with Gasteiger partial charge in [0.05, 0.1) is 0 Å². The maximum atomic E-state index is 13.9. The second-order valence-corrected chi connectivity index (χ2v) is 4.28. The van der Waals surface area contributed by atoms with Crippen LogP contribution in [0.3, 0.4) is 0 Å². The van der Waals surface area contributed by atoms with Crippen LogP contribution in [0, 0.1) is 17.0 Å². The van der Waals surface area contributed by atoms with Gasteiger partial charge in [0.2, 0.25) is 0 Å². The minimum Gasteiger partial charge on any atom is -0.384 e. The van der Waals surface area contributed by atoms with E-state index in [-0.39, 0.29) is 23.1 Å². The summed E-state index contributed by atoms with van der Waals surface area (Å²) in [5.41, 5.74) is 5.23. The molecule has 1 rings (SSSR count). The van der Waals surface area contributed by atoms with Crippen molar-refractivity contribution in [2.45, 2.75) is 32.7 Å². The Hall–Kier alpha value is -1.65. The normalized spacial score (nSPS) is 10.8. The largest absolute Gasteiger partial charge is 0.384 e. The molecular formula is C13H19F2N3. The molecule has 0 bridgehead atoms. The van der Waals surface area contributed by atoms with E-state index in [1.807, 2.05) is 13.8 Å². The molecule has 3 N–H and O–H groups in total. The fourth-order valence-electron chi connectivity index (χ4n) is 2.08. The van der Waals surface area contributed by atoms with Gasteiger partial charge >= 0.3 is 0 Å². The molecule has 0 unspecified atom stereocenters. The van der Waals surface area contributed by atoms with Crippen molar-refractivity contribution in [1.29, 1.82) is 5.41 Å². The molecule has 0 aliphatic heterocycles. The third-order valence-electron chi connectivity index (χ3n) is 3.17. The molecule has 0 aliphatic carbocycles. The fourth-order valence-corrected chi connectivity index (χ4v) is 2.08. The van der Waals surface area contributed by atoms with E-state index in [0.717, 1.165) is 25.0 Å². The third kappa shape index (κ3) is 2.78. The molecule has 5 heteroatoms. The fraction of sp³-hybridized carbons (Fsp3) is 0.462. The lowest BCUT2D eigenvalue weighted by Gasteiger charge is -2.29. The first-order valence-electron chi connectivity index (χ1n) is 5.98. The number of halogens is 2.